The number of carbonyl (C=O) groups is 1. The number of hydrogen-bond acceptors (Lipinski definition) is 4. The summed E-state index contributed by atoms with van der Waals surface area (Å²) >= 11 is 13.0. The van der Waals surface area contributed by atoms with Gasteiger partial charge < -0.3 is 0 Å². The summed E-state index contributed by atoms with van der Waals surface area (Å²) in [5.41, 5.74) is 1.99. The molecule has 3 aromatic rings. The Balaban J connectivity index is 1.93. The topological polar surface area (TPSA) is 47.8 Å². The maximum atomic E-state index is 12.2. The van der Waals surface area contributed by atoms with Crippen molar-refractivity contribution in [3.8, 4) is 0 Å². The normalized spacial score (nSPS) is 11.1. The first-order valence-corrected chi connectivity index (χ1v) is 6.98. The molecule has 96 valence electrons. The molecule has 0 saturated heterocycles. The molecule has 1 aromatic carbocycles. The summed E-state index contributed by atoms with van der Waals surface area (Å²) in [6, 6.07) is 9.04. The maximum Gasteiger partial charge on any atom is 0.186 e. The van der Waals surface area contributed by atoms with Gasteiger partial charge in [-0.05, 0) is 18.2 Å². The van der Waals surface area contributed by atoms with Crippen molar-refractivity contribution < 1.29 is 4.79 Å². The minimum Gasteiger partial charge on any atom is -0.292 e. The number of para-hydroxylation sites is 1. The predicted molar refractivity (Wildman–Crippen MR) is 76.2 cm³/mol. The molecular formula is C12H7Cl2N3OS. The summed E-state index contributed by atoms with van der Waals surface area (Å²) in [6.07, 6.45) is 0. The molecule has 2 heterocycles. The molecule has 0 unspecified atom stereocenters. The zero-order valence-electron chi connectivity index (χ0n) is 9.51. The summed E-state index contributed by atoms with van der Waals surface area (Å²) in [7, 11) is 0. The van der Waals surface area contributed by atoms with Crippen LogP contribution in [0, 0.1) is 0 Å². The third-order valence-electron chi connectivity index (χ3n) is 2.67. The minimum atomic E-state index is -0.135. The van der Waals surface area contributed by atoms with Gasteiger partial charge in [-0.25, -0.2) is 4.68 Å². The van der Waals surface area contributed by atoms with E-state index in [1.54, 1.807) is 10.7 Å². The molecule has 0 fully saturated rings. The van der Waals surface area contributed by atoms with Crippen molar-refractivity contribution in [3.63, 3.8) is 0 Å². The number of fused-ring (bicyclic) bond motifs is 1. The van der Waals surface area contributed by atoms with E-state index in [9.17, 15) is 4.79 Å². The molecule has 0 aliphatic heterocycles. The molecule has 0 amide bonds. The molecule has 3 rings (SSSR count). The van der Waals surface area contributed by atoms with Crippen LogP contribution in [0.5, 0.6) is 0 Å². The van der Waals surface area contributed by atoms with Crippen LogP contribution in [-0.2, 0) is 6.54 Å². The third-order valence-corrected chi connectivity index (χ3v) is 4.16. The number of hydrogen-bond donors (Lipinski definition) is 0. The van der Waals surface area contributed by atoms with Crippen molar-refractivity contribution in [2.75, 3.05) is 0 Å². The van der Waals surface area contributed by atoms with Gasteiger partial charge in [0.2, 0.25) is 0 Å². The molecule has 0 saturated carbocycles. The molecule has 2 aromatic heterocycles. The molecule has 7 heteroatoms. The average molecular weight is 312 g/mol. The van der Waals surface area contributed by atoms with E-state index < -0.39 is 0 Å². The standard InChI is InChI=1S/C12H7Cl2N3OS/c13-11-5-7(12(14)19-11)10(18)6-17-9-4-2-1-3-8(9)15-16-17/h1-5H,6H2. The lowest BCUT2D eigenvalue weighted by molar-refractivity contribution is 0.0969. The average Bonchev–Trinajstić information content (AvgIpc) is 2.94. The Bertz CT molecular complexity index is 765. The number of rotatable bonds is 3. The predicted octanol–water partition coefficient (Wildman–Crippen LogP) is 3.68. The summed E-state index contributed by atoms with van der Waals surface area (Å²) in [6.45, 7) is 0.0906. The van der Waals surface area contributed by atoms with Crippen LogP contribution >= 0.6 is 34.5 Å². The number of benzene rings is 1. The van der Waals surface area contributed by atoms with Crippen LogP contribution in [0.4, 0.5) is 0 Å². The second kappa shape index (κ2) is 4.92. The third kappa shape index (κ3) is 2.36. The van der Waals surface area contributed by atoms with Gasteiger partial charge in [0.25, 0.3) is 0 Å². The molecule has 0 aliphatic carbocycles. The van der Waals surface area contributed by atoms with Crippen molar-refractivity contribution in [1.82, 2.24) is 15.0 Å². The number of aromatic nitrogens is 3. The number of ketones is 1. The number of carbonyl (C=O) groups excluding carboxylic acids is 1. The highest BCUT2D eigenvalue weighted by atomic mass is 35.5. The van der Waals surface area contributed by atoms with Crippen molar-refractivity contribution in [2.45, 2.75) is 6.54 Å². The zero-order chi connectivity index (χ0) is 13.4. The summed E-state index contributed by atoms with van der Waals surface area (Å²) in [5, 5.41) is 7.97. The second-order valence-corrected chi connectivity index (χ2v) is 6.18. The highest BCUT2D eigenvalue weighted by Gasteiger charge is 2.16. The van der Waals surface area contributed by atoms with E-state index in [1.807, 2.05) is 24.3 Å². The van der Waals surface area contributed by atoms with E-state index >= 15 is 0 Å². The molecule has 4 nitrogen and oxygen atoms in total. The monoisotopic (exact) mass is 311 g/mol. The molecule has 0 bridgehead atoms. The lowest BCUT2D eigenvalue weighted by Gasteiger charge is -2.00. The fourth-order valence-corrected chi connectivity index (χ4v) is 3.28. The van der Waals surface area contributed by atoms with Crippen LogP contribution in [-0.4, -0.2) is 20.8 Å². The zero-order valence-corrected chi connectivity index (χ0v) is 11.8. The van der Waals surface area contributed by atoms with Gasteiger partial charge in [-0.15, -0.1) is 16.4 Å². The van der Waals surface area contributed by atoms with Gasteiger partial charge in [0.15, 0.2) is 5.78 Å². The SMILES string of the molecule is O=C(Cn1nnc2ccccc21)c1cc(Cl)sc1Cl. The van der Waals surface area contributed by atoms with Crippen LogP contribution in [0.3, 0.4) is 0 Å². The van der Waals surface area contributed by atoms with Crippen LogP contribution < -0.4 is 0 Å². The van der Waals surface area contributed by atoms with E-state index in [-0.39, 0.29) is 12.3 Å². The minimum absolute atomic E-state index is 0.0906. The van der Waals surface area contributed by atoms with E-state index in [2.05, 4.69) is 10.3 Å². The largest absolute Gasteiger partial charge is 0.292 e. The number of thiophene rings is 1. The molecule has 0 N–H and O–H groups in total. The van der Waals surface area contributed by atoms with Gasteiger partial charge in [-0.2, -0.15) is 0 Å². The van der Waals surface area contributed by atoms with Gasteiger partial charge >= 0.3 is 0 Å². The van der Waals surface area contributed by atoms with Gasteiger partial charge in [0, 0.05) is 0 Å². The highest BCUT2D eigenvalue weighted by Crippen LogP contribution is 2.31. The Morgan fingerprint density at radius 2 is 2.11 bits per heavy atom. The maximum absolute atomic E-state index is 12.2. The molecule has 0 radical (unpaired) electrons. The second-order valence-electron chi connectivity index (χ2n) is 3.90. The summed E-state index contributed by atoms with van der Waals surface area (Å²) < 4.78 is 2.45. The Morgan fingerprint density at radius 1 is 1.32 bits per heavy atom. The Hall–Kier alpha value is -1.43. The van der Waals surface area contributed by atoms with Gasteiger partial charge in [0.05, 0.1) is 15.4 Å². The van der Waals surface area contributed by atoms with Crippen molar-refractivity contribution >= 4 is 51.4 Å². The first-order valence-electron chi connectivity index (χ1n) is 5.41. The van der Waals surface area contributed by atoms with E-state index in [1.165, 1.54) is 11.3 Å². The Labute approximate surface area is 122 Å². The Kier molecular flexibility index (Phi) is 3.26. The Morgan fingerprint density at radius 3 is 2.84 bits per heavy atom. The van der Waals surface area contributed by atoms with Crippen LogP contribution in [0.25, 0.3) is 11.0 Å². The van der Waals surface area contributed by atoms with Crippen molar-refractivity contribution in [3.05, 3.63) is 44.6 Å². The van der Waals surface area contributed by atoms with E-state index in [4.69, 9.17) is 23.2 Å². The smallest absolute Gasteiger partial charge is 0.186 e. The molecular weight excluding hydrogens is 305 g/mol. The van der Waals surface area contributed by atoms with Crippen molar-refractivity contribution in [1.29, 1.82) is 0 Å². The first kappa shape index (κ1) is 12.6. The number of halogens is 2. The molecule has 19 heavy (non-hydrogen) atoms. The molecule has 0 atom stereocenters. The fourth-order valence-electron chi connectivity index (χ4n) is 1.79. The quantitative estimate of drug-likeness (QED) is 0.693. The highest BCUT2D eigenvalue weighted by molar-refractivity contribution is 7.20. The van der Waals surface area contributed by atoms with E-state index in [0.717, 1.165) is 11.0 Å². The van der Waals surface area contributed by atoms with Crippen LogP contribution in [0.2, 0.25) is 8.67 Å². The lowest BCUT2D eigenvalue weighted by Crippen LogP contribution is -2.11. The first-order chi connectivity index (χ1) is 9.15. The van der Waals surface area contributed by atoms with Gasteiger partial charge in [-0.1, -0.05) is 40.5 Å². The van der Waals surface area contributed by atoms with Gasteiger partial charge in [0.1, 0.15) is 16.4 Å². The van der Waals surface area contributed by atoms with Crippen LogP contribution in [0.1, 0.15) is 10.4 Å². The molecule has 0 aliphatic rings. The lowest BCUT2D eigenvalue weighted by atomic mass is 10.2. The number of Topliss-reactive ketones (excluding diaryl/α,β-unsaturated/α-hetero) is 1. The fraction of sp³-hybridized carbons (Fsp3) is 0.0833. The summed E-state index contributed by atoms with van der Waals surface area (Å²) in [5.74, 6) is -0.135. The number of nitrogens with zero attached hydrogens (tertiary/aromatic N) is 3. The van der Waals surface area contributed by atoms with Gasteiger partial charge in [-0.3, -0.25) is 4.79 Å². The molecule has 0 spiro atoms. The summed E-state index contributed by atoms with van der Waals surface area (Å²) in [4.78, 5) is 12.2. The van der Waals surface area contributed by atoms with E-state index in [0.29, 0.717) is 14.2 Å². The van der Waals surface area contributed by atoms with Crippen LogP contribution in [0.15, 0.2) is 30.3 Å². The van der Waals surface area contributed by atoms with Crippen molar-refractivity contribution in [2.24, 2.45) is 0 Å².